The lowest BCUT2D eigenvalue weighted by Gasteiger charge is -2.20. The van der Waals surface area contributed by atoms with Crippen LogP contribution in [0.25, 0.3) is 10.9 Å². The molecule has 7 nitrogen and oxygen atoms in total. The van der Waals surface area contributed by atoms with Gasteiger partial charge in [-0.3, -0.25) is 9.59 Å². The maximum absolute atomic E-state index is 12.7. The van der Waals surface area contributed by atoms with Crippen LogP contribution in [0, 0.1) is 0 Å². The van der Waals surface area contributed by atoms with Gasteiger partial charge in [0.2, 0.25) is 5.91 Å². The summed E-state index contributed by atoms with van der Waals surface area (Å²) in [5.41, 5.74) is 2.06. The van der Waals surface area contributed by atoms with Crippen molar-refractivity contribution in [3.8, 4) is 0 Å². The van der Waals surface area contributed by atoms with Crippen LogP contribution < -0.4 is 10.6 Å². The van der Waals surface area contributed by atoms with E-state index in [1.807, 2.05) is 24.3 Å². The Bertz CT molecular complexity index is 1050. The van der Waals surface area contributed by atoms with Gasteiger partial charge in [-0.05, 0) is 30.7 Å². The number of carbonyl (C=O) groups excluding carboxylic acids is 3. The quantitative estimate of drug-likeness (QED) is 0.535. The van der Waals surface area contributed by atoms with E-state index in [-0.39, 0.29) is 6.42 Å². The van der Waals surface area contributed by atoms with Gasteiger partial charge in [0.1, 0.15) is 12.1 Å². The van der Waals surface area contributed by atoms with Gasteiger partial charge in [0.05, 0.1) is 7.11 Å². The number of fused-ring (bicyclic) bond motifs is 1. The van der Waals surface area contributed by atoms with Crippen LogP contribution >= 0.6 is 0 Å². The average molecular weight is 394 g/mol. The minimum Gasteiger partial charge on any atom is -0.467 e. The van der Waals surface area contributed by atoms with Gasteiger partial charge in [-0.25, -0.2) is 4.79 Å². The fourth-order valence-corrected chi connectivity index (χ4v) is 3.04. The number of para-hydroxylation sites is 1. The van der Waals surface area contributed by atoms with E-state index >= 15 is 0 Å². The molecule has 0 aliphatic rings. The number of carbonyl (C=O) groups is 3. The molecule has 3 aromatic rings. The molecule has 0 fully saturated rings. The first-order chi connectivity index (χ1) is 14.4. The molecule has 0 spiro atoms. The second-order valence-electron chi connectivity index (χ2n) is 6.62. The van der Waals surface area contributed by atoms with Crippen molar-refractivity contribution in [2.45, 2.75) is 25.4 Å². The molecule has 29 heavy (non-hydrogen) atoms. The number of H-pyrrole nitrogens is 1. The number of amides is 2. The highest BCUT2D eigenvalue weighted by molar-refractivity contribution is 5.98. The van der Waals surface area contributed by atoms with Crippen LogP contribution in [0.2, 0.25) is 1.41 Å². The maximum Gasteiger partial charge on any atom is 0.328 e. The molecule has 0 unspecified atom stereocenters. The summed E-state index contributed by atoms with van der Waals surface area (Å²) >= 11 is 0. The van der Waals surface area contributed by atoms with Crippen molar-refractivity contribution in [3.05, 3.63) is 71.9 Å². The third-order valence-corrected chi connectivity index (χ3v) is 4.61. The van der Waals surface area contributed by atoms with Crippen LogP contribution in [-0.4, -0.2) is 42.0 Å². The van der Waals surface area contributed by atoms with E-state index in [1.165, 1.54) is 14.0 Å². The number of nitrogens with one attached hydrogen (secondary N) is 3. The molecule has 0 aliphatic carbocycles. The minimum atomic E-state index is -1.10. The zero-order chi connectivity index (χ0) is 21.7. The fourth-order valence-electron chi connectivity index (χ4n) is 3.04. The number of hydrogen-bond acceptors (Lipinski definition) is 4. The van der Waals surface area contributed by atoms with Crippen molar-refractivity contribution in [3.63, 3.8) is 0 Å². The van der Waals surface area contributed by atoms with Crippen molar-refractivity contribution in [1.29, 1.82) is 0 Å². The molecule has 0 aliphatic heterocycles. The molecule has 0 saturated heterocycles. The van der Waals surface area contributed by atoms with E-state index in [4.69, 9.17) is 6.15 Å². The van der Waals surface area contributed by atoms with Gasteiger partial charge in [-0.1, -0.05) is 36.4 Å². The number of esters is 1. The van der Waals surface area contributed by atoms with Crippen molar-refractivity contribution in [2.24, 2.45) is 0 Å². The Labute approximate surface area is 169 Å². The largest absolute Gasteiger partial charge is 0.467 e. The third kappa shape index (κ3) is 4.82. The fraction of sp³-hybridized carbons (Fsp3) is 0.227. The zero-order valence-corrected chi connectivity index (χ0v) is 16.2. The Morgan fingerprint density at radius 1 is 1.10 bits per heavy atom. The number of rotatable bonds is 7. The predicted octanol–water partition coefficient (Wildman–Crippen LogP) is 2.19. The van der Waals surface area contributed by atoms with Crippen molar-refractivity contribution >= 4 is 28.7 Å². The van der Waals surface area contributed by atoms with Crippen LogP contribution in [0.5, 0.6) is 0 Å². The number of aromatic amines is 1. The van der Waals surface area contributed by atoms with Gasteiger partial charge in [0, 0.05) is 29.1 Å². The molecule has 1 aromatic heterocycles. The summed E-state index contributed by atoms with van der Waals surface area (Å²) in [6, 6.07) is 13.8. The van der Waals surface area contributed by atoms with Gasteiger partial charge in [-0.15, -0.1) is 0 Å². The molecule has 1 heterocycles. The number of methoxy groups -OCH3 is 1. The lowest BCUT2D eigenvalue weighted by atomic mass is 10.0. The Kier molecular flexibility index (Phi) is 5.85. The van der Waals surface area contributed by atoms with Crippen LogP contribution in [0.4, 0.5) is 0 Å². The first-order valence-electron chi connectivity index (χ1n) is 9.67. The Morgan fingerprint density at radius 2 is 1.79 bits per heavy atom. The van der Waals surface area contributed by atoms with E-state index < -0.39 is 29.9 Å². The molecule has 0 bridgehead atoms. The standard InChI is InChI=1S/C22H23N3O4/c1-14(24-21(27)15-8-4-3-5-9-15)20(26)25-19(22(28)29-2)12-16-13-23-18-11-7-6-10-17(16)18/h3-11,13-14,19,23H,12H2,1-2H3,(H,24,27)(H,25,26)/t14-,19-/m0/s1/i/hD. The summed E-state index contributed by atoms with van der Waals surface area (Å²) in [6.07, 6.45) is 1.99. The second-order valence-corrected chi connectivity index (χ2v) is 6.62. The Hall–Kier alpha value is -3.61. The summed E-state index contributed by atoms with van der Waals surface area (Å²) in [5, 5.41) is 4.16. The first kappa shape index (κ1) is 18.7. The lowest BCUT2D eigenvalue weighted by molar-refractivity contribution is -0.145. The van der Waals surface area contributed by atoms with Crippen LogP contribution in [0.3, 0.4) is 0 Å². The molecular formula is C22H23N3O4. The summed E-state index contributed by atoms with van der Waals surface area (Å²) in [5.74, 6) is -1.83. The maximum atomic E-state index is 12.7. The molecule has 2 amide bonds. The van der Waals surface area contributed by atoms with E-state index in [2.05, 4.69) is 10.3 Å². The van der Waals surface area contributed by atoms with Crippen molar-refractivity contribution in [2.75, 3.05) is 7.11 Å². The summed E-state index contributed by atoms with van der Waals surface area (Å²) < 4.78 is 12.9. The summed E-state index contributed by atoms with van der Waals surface area (Å²) in [4.78, 5) is 40.5. The second kappa shape index (κ2) is 9.05. The molecule has 7 heteroatoms. The third-order valence-electron chi connectivity index (χ3n) is 4.61. The number of ether oxygens (including phenoxy) is 1. The van der Waals surface area contributed by atoms with Gasteiger partial charge >= 0.3 is 5.97 Å². The highest BCUT2D eigenvalue weighted by Gasteiger charge is 2.26. The highest BCUT2D eigenvalue weighted by Crippen LogP contribution is 2.19. The SMILES string of the molecule is [2H]N(C(=O)c1ccccc1)[C@@H](C)C(=O)N[C@@H](Cc1c[nH]c2ccccc12)C(=O)OC. The van der Waals surface area contributed by atoms with Gasteiger partial charge in [-0.2, -0.15) is 0 Å². The Morgan fingerprint density at radius 3 is 2.52 bits per heavy atom. The molecule has 2 aromatic carbocycles. The number of hydrogen-bond donors (Lipinski definition) is 3. The van der Waals surface area contributed by atoms with Gasteiger partial charge in [0.25, 0.3) is 5.91 Å². The zero-order valence-electron chi connectivity index (χ0n) is 17.2. The van der Waals surface area contributed by atoms with Gasteiger partial charge in [0.15, 0.2) is 1.41 Å². The van der Waals surface area contributed by atoms with E-state index in [0.717, 1.165) is 16.5 Å². The average Bonchev–Trinajstić information content (AvgIpc) is 3.19. The molecular weight excluding hydrogens is 370 g/mol. The topological polar surface area (TPSA) is 100 Å². The van der Waals surface area contributed by atoms with E-state index in [0.29, 0.717) is 10.9 Å². The summed E-state index contributed by atoms with van der Waals surface area (Å²) in [6.45, 7) is 1.43. The van der Waals surface area contributed by atoms with Crippen molar-refractivity contribution in [1.82, 2.24) is 15.6 Å². The monoisotopic (exact) mass is 394 g/mol. The summed E-state index contributed by atoms with van der Waals surface area (Å²) in [7, 11) is 1.25. The molecule has 2 atom stereocenters. The normalized spacial score (nSPS) is 13.2. The number of benzene rings is 2. The smallest absolute Gasteiger partial charge is 0.328 e. The molecule has 3 rings (SSSR count). The molecule has 0 saturated carbocycles. The van der Waals surface area contributed by atoms with Crippen LogP contribution in [0.15, 0.2) is 60.8 Å². The highest BCUT2D eigenvalue weighted by atomic mass is 16.5. The molecule has 3 N–H and O–H groups in total. The molecule has 150 valence electrons. The first-order valence-corrected chi connectivity index (χ1v) is 9.23. The number of aromatic nitrogens is 1. The lowest BCUT2D eigenvalue weighted by Crippen LogP contribution is -2.51. The van der Waals surface area contributed by atoms with Gasteiger partial charge < -0.3 is 20.3 Å². The predicted molar refractivity (Wildman–Crippen MR) is 109 cm³/mol. The molecule has 0 radical (unpaired) electrons. The van der Waals surface area contributed by atoms with Crippen LogP contribution in [-0.2, 0) is 20.7 Å². The minimum absolute atomic E-state index is 0.208. The van der Waals surface area contributed by atoms with Crippen LogP contribution in [0.1, 0.15) is 22.8 Å². The van der Waals surface area contributed by atoms with E-state index in [1.54, 1.807) is 36.5 Å². The van der Waals surface area contributed by atoms with E-state index in [9.17, 15) is 14.4 Å². The van der Waals surface area contributed by atoms with Crippen molar-refractivity contribution < 1.29 is 20.5 Å². The Balaban J connectivity index is 1.73.